The number of esters is 1. The van der Waals surface area contributed by atoms with Gasteiger partial charge in [0.2, 0.25) is 5.43 Å². The first-order valence-corrected chi connectivity index (χ1v) is 12.0. The number of amides is 1. The minimum absolute atomic E-state index is 0.164. The number of carbonyl (C=O) groups is 2. The molecule has 32 heavy (non-hydrogen) atoms. The number of hydrogen-bond donors (Lipinski definition) is 1. The largest absolute Gasteiger partial charge is 0.462 e. The molecular formula is C25H33BrN2O4. The number of anilines is 1. The molecule has 7 heteroatoms. The lowest BCUT2D eigenvalue weighted by Gasteiger charge is -2.20. The zero-order valence-corrected chi connectivity index (χ0v) is 21.4. The Labute approximate surface area is 198 Å². The van der Waals surface area contributed by atoms with Gasteiger partial charge >= 0.3 is 5.97 Å². The lowest BCUT2D eigenvalue weighted by atomic mass is 9.98. The molecule has 0 unspecified atom stereocenters. The van der Waals surface area contributed by atoms with Crippen molar-refractivity contribution >= 4 is 33.5 Å². The summed E-state index contributed by atoms with van der Waals surface area (Å²) in [7, 11) is 1.88. The lowest BCUT2D eigenvalue weighted by Crippen LogP contribution is -2.29. The van der Waals surface area contributed by atoms with Crippen molar-refractivity contribution in [1.29, 1.82) is 0 Å². The van der Waals surface area contributed by atoms with Gasteiger partial charge in [-0.1, -0.05) is 27.2 Å². The molecule has 0 aliphatic carbocycles. The standard InChI is InChI=1S/C25H33BrN2O4/c1-7-11-12-19-20(23(29)21(26)15(5)28(19)6)24(30)27-22-16(8-2)13-18(14-17(22)9-3)25(31)32-10-4/h13-14H,7-12H2,1-6H3,(H,27,30). The molecule has 1 aromatic carbocycles. The summed E-state index contributed by atoms with van der Waals surface area (Å²) in [5.74, 6) is -0.807. The van der Waals surface area contributed by atoms with Gasteiger partial charge in [0.05, 0.1) is 16.6 Å². The minimum atomic E-state index is -0.425. The zero-order valence-electron chi connectivity index (χ0n) is 19.9. The number of ether oxygens (including phenoxy) is 1. The molecule has 0 bridgehead atoms. The summed E-state index contributed by atoms with van der Waals surface area (Å²) in [5, 5.41) is 3.00. The molecule has 0 atom stereocenters. The van der Waals surface area contributed by atoms with E-state index in [0.29, 0.717) is 41.6 Å². The van der Waals surface area contributed by atoms with Crippen molar-refractivity contribution in [2.45, 2.75) is 66.7 Å². The van der Waals surface area contributed by atoms with Crippen LogP contribution in [0, 0.1) is 6.92 Å². The van der Waals surface area contributed by atoms with Crippen molar-refractivity contribution in [2.24, 2.45) is 7.05 Å². The van der Waals surface area contributed by atoms with Gasteiger partial charge in [-0.2, -0.15) is 0 Å². The second-order valence-corrected chi connectivity index (χ2v) is 8.56. The van der Waals surface area contributed by atoms with E-state index in [-0.39, 0.29) is 17.0 Å². The first kappa shape index (κ1) is 25.8. The van der Waals surface area contributed by atoms with E-state index < -0.39 is 5.91 Å². The number of rotatable bonds is 9. The Hall–Kier alpha value is -2.41. The monoisotopic (exact) mass is 504 g/mol. The second-order valence-electron chi connectivity index (χ2n) is 7.76. The fourth-order valence-electron chi connectivity index (χ4n) is 3.79. The maximum absolute atomic E-state index is 13.5. The van der Waals surface area contributed by atoms with Crippen LogP contribution in [-0.2, 0) is 31.0 Å². The fraction of sp³-hybridized carbons (Fsp3) is 0.480. The van der Waals surface area contributed by atoms with E-state index in [1.807, 2.05) is 32.4 Å². The third-order valence-corrected chi connectivity index (χ3v) is 6.68. The van der Waals surface area contributed by atoms with Crippen LogP contribution in [0.15, 0.2) is 21.4 Å². The van der Waals surface area contributed by atoms with Crippen molar-refractivity contribution in [3.05, 3.63) is 60.5 Å². The highest BCUT2D eigenvalue weighted by Crippen LogP contribution is 2.27. The maximum Gasteiger partial charge on any atom is 0.338 e. The summed E-state index contributed by atoms with van der Waals surface area (Å²) in [5.41, 5.74) is 4.18. The quantitative estimate of drug-likeness (QED) is 0.466. The van der Waals surface area contributed by atoms with E-state index in [0.717, 1.165) is 35.4 Å². The fourth-order valence-corrected chi connectivity index (χ4v) is 4.25. The van der Waals surface area contributed by atoms with Gasteiger partial charge in [-0.05, 0) is 78.7 Å². The number of aryl methyl sites for hydroxylation is 2. The molecule has 1 amide bonds. The molecular weight excluding hydrogens is 472 g/mol. The number of pyridine rings is 1. The molecule has 0 aliphatic rings. The Bertz CT molecular complexity index is 1050. The van der Waals surface area contributed by atoms with Crippen LogP contribution < -0.4 is 10.7 Å². The van der Waals surface area contributed by atoms with Gasteiger partial charge in [-0.3, -0.25) is 9.59 Å². The first-order valence-electron chi connectivity index (χ1n) is 11.2. The van der Waals surface area contributed by atoms with Crippen molar-refractivity contribution in [3.63, 3.8) is 0 Å². The summed E-state index contributed by atoms with van der Waals surface area (Å²) in [6.45, 7) is 9.94. The van der Waals surface area contributed by atoms with Crippen molar-refractivity contribution in [1.82, 2.24) is 4.57 Å². The molecule has 0 saturated carbocycles. The molecule has 0 saturated heterocycles. The minimum Gasteiger partial charge on any atom is -0.462 e. The molecule has 0 fully saturated rings. The summed E-state index contributed by atoms with van der Waals surface area (Å²) in [6, 6.07) is 3.52. The van der Waals surface area contributed by atoms with Crippen LogP contribution in [0.4, 0.5) is 5.69 Å². The number of hydrogen-bond acceptors (Lipinski definition) is 4. The van der Waals surface area contributed by atoms with Crippen LogP contribution in [0.2, 0.25) is 0 Å². The molecule has 0 spiro atoms. The number of nitrogens with one attached hydrogen (secondary N) is 1. The summed E-state index contributed by atoms with van der Waals surface area (Å²) >= 11 is 3.37. The average Bonchev–Trinajstić information content (AvgIpc) is 2.78. The van der Waals surface area contributed by atoms with E-state index >= 15 is 0 Å². The van der Waals surface area contributed by atoms with Gasteiger partial charge in [-0.25, -0.2) is 4.79 Å². The van der Waals surface area contributed by atoms with Gasteiger partial charge in [0, 0.05) is 24.1 Å². The van der Waals surface area contributed by atoms with E-state index in [9.17, 15) is 14.4 Å². The number of aromatic nitrogens is 1. The van der Waals surface area contributed by atoms with Crippen LogP contribution in [0.25, 0.3) is 0 Å². The smallest absolute Gasteiger partial charge is 0.338 e. The molecule has 1 aromatic heterocycles. The molecule has 0 radical (unpaired) electrons. The number of nitrogens with zero attached hydrogens (tertiary/aromatic N) is 1. The Morgan fingerprint density at radius 2 is 1.69 bits per heavy atom. The lowest BCUT2D eigenvalue weighted by molar-refractivity contribution is 0.0526. The average molecular weight is 505 g/mol. The molecule has 6 nitrogen and oxygen atoms in total. The van der Waals surface area contributed by atoms with Crippen LogP contribution in [-0.4, -0.2) is 23.1 Å². The Kier molecular flexibility index (Phi) is 9.25. The SMILES string of the molecule is CCCCc1c(C(=O)Nc2c(CC)cc(C(=O)OCC)cc2CC)c(=O)c(Br)c(C)n1C. The molecule has 1 heterocycles. The molecule has 2 aromatic rings. The highest BCUT2D eigenvalue weighted by atomic mass is 79.9. The van der Waals surface area contributed by atoms with Crippen LogP contribution in [0.5, 0.6) is 0 Å². The highest BCUT2D eigenvalue weighted by Gasteiger charge is 2.24. The zero-order chi connectivity index (χ0) is 24.0. The topological polar surface area (TPSA) is 77.4 Å². The summed E-state index contributed by atoms with van der Waals surface area (Å²) in [4.78, 5) is 38.8. The van der Waals surface area contributed by atoms with Crippen LogP contribution >= 0.6 is 15.9 Å². The van der Waals surface area contributed by atoms with Gasteiger partial charge in [0.1, 0.15) is 5.56 Å². The molecule has 174 valence electrons. The van der Waals surface area contributed by atoms with E-state index in [1.165, 1.54) is 0 Å². The van der Waals surface area contributed by atoms with Crippen molar-refractivity contribution < 1.29 is 14.3 Å². The number of halogens is 1. The third-order valence-electron chi connectivity index (χ3n) is 5.75. The molecule has 0 aliphatic heterocycles. The normalized spacial score (nSPS) is 10.8. The number of benzene rings is 1. The number of unbranched alkanes of at least 4 members (excludes halogenated alkanes) is 1. The van der Waals surface area contributed by atoms with Crippen LogP contribution in [0.1, 0.15) is 83.8 Å². The van der Waals surface area contributed by atoms with E-state index in [1.54, 1.807) is 19.1 Å². The van der Waals surface area contributed by atoms with Crippen molar-refractivity contribution in [2.75, 3.05) is 11.9 Å². The van der Waals surface area contributed by atoms with Gasteiger partial charge in [-0.15, -0.1) is 0 Å². The molecule has 2 rings (SSSR count). The third kappa shape index (κ3) is 5.31. The van der Waals surface area contributed by atoms with Gasteiger partial charge in [0.15, 0.2) is 0 Å². The maximum atomic E-state index is 13.5. The summed E-state index contributed by atoms with van der Waals surface area (Å²) < 4.78 is 7.46. The number of carbonyl (C=O) groups excluding carboxylic acids is 2. The predicted octanol–water partition coefficient (Wildman–Crippen LogP) is 5.35. The van der Waals surface area contributed by atoms with E-state index in [4.69, 9.17) is 4.74 Å². The van der Waals surface area contributed by atoms with Crippen LogP contribution in [0.3, 0.4) is 0 Å². The van der Waals surface area contributed by atoms with Gasteiger partial charge < -0.3 is 14.6 Å². The predicted molar refractivity (Wildman–Crippen MR) is 132 cm³/mol. The molecule has 1 N–H and O–H groups in total. The first-order chi connectivity index (χ1) is 15.2. The van der Waals surface area contributed by atoms with E-state index in [2.05, 4.69) is 28.2 Å². The second kappa shape index (κ2) is 11.5. The highest BCUT2D eigenvalue weighted by molar-refractivity contribution is 9.10. The van der Waals surface area contributed by atoms with Gasteiger partial charge in [0.25, 0.3) is 5.91 Å². The Morgan fingerprint density at radius 1 is 1.09 bits per heavy atom. The Balaban J connectivity index is 2.60. The Morgan fingerprint density at radius 3 is 2.19 bits per heavy atom. The summed E-state index contributed by atoms with van der Waals surface area (Å²) in [6.07, 6.45) is 3.72. The van der Waals surface area contributed by atoms with Crippen molar-refractivity contribution in [3.8, 4) is 0 Å².